The van der Waals surface area contributed by atoms with Crippen molar-refractivity contribution in [1.82, 2.24) is 19.9 Å². The Balaban J connectivity index is 1.41. The number of carboxylic acids is 1. The number of aromatic nitrogens is 2. The maximum absolute atomic E-state index is 10.8. The summed E-state index contributed by atoms with van der Waals surface area (Å²) in [4.78, 5) is 20.4. The average molecular weight is 541 g/mol. The number of carbonyl (C=O) groups is 1. The first-order valence-electron chi connectivity index (χ1n) is 13.8. The number of nitrogens with zero attached hydrogens (tertiary/aromatic N) is 4. The molecule has 2 heterocycles. The second-order valence-electron chi connectivity index (χ2n) is 10.7. The summed E-state index contributed by atoms with van der Waals surface area (Å²) < 4.78 is 5.41. The van der Waals surface area contributed by atoms with Crippen molar-refractivity contribution < 1.29 is 19.5 Å². The van der Waals surface area contributed by atoms with Crippen molar-refractivity contribution in [3.63, 3.8) is 0 Å². The second-order valence-corrected chi connectivity index (χ2v) is 10.7. The first kappa shape index (κ1) is 27.6. The van der Waals surface area contributed by atoms with Gasteiger partial charge in [-0.15, -0.1) is 0 Å². The predicted molar refractivity (Wildman–Crippen MR) is 153 cm³/mol. The van der Waals surface area contributed by atoms with E-state index in [1.165, 1.54) is 5.56 Å². The van der Waals surface area contributed by atoms with Gasteiger partial charge in [-0.3, -0.25) is 14.6 Å². The topological polar surface area (TPSA) is 103 Å². The van der Waals surface area contributed by atoms with E-state index in [0.717, 1.165) is 36.3 Å². The standard InChI is InChI=1S/C32H36N4O4/c1-22-20-36(23(2)19-35(22)21-24-9-4-3-5-10-24)31(26-12-7-14-28(37)18-26)25-11-6-13-27(17-25)32-33-29(40-34-32)15-8-16-30(38)39/h3-7,9-14,17-18,22-23,31,37H,8,15-16,19-21H2,1-2H3,(H,38,39). The van der Waals surface area contributed by atoms with Crippen molar-refractivity contribution in [2.75, 3.05) is 13.1 Å². The summed E-state index contributed by atoms with van der Waals surface area (Å²) in [5.74, 6) is 0.320. The van der Waals surface area contributed by atoms with Crippen molar-refractivity contribution in [1.29, 1.82) is 0 Å². The Labute approximate surface area is 234 Å². The number of benzene rings is 3. The van der Waals surface area contributed by atoms with Crippen LogP contribution in [0.5, 0.6) is 5.75 Å². The molecule has 1 aromatic heterocycles. The molecule has 0 saturated carbocycles. The van der Waals surface area contributed by atoms with Crippen LogP contribution < -0.4 is 0 Å². The lowest BCUT2D eigenvalue weighted by atomic mass is 9.92. The second kappa shape index (κ2) is 12.4. The highest BCUT2D eigenvalue weighted by molar-refractivity contribution is 5.66. The zero-order valence-corrected chi connectivity index (χ0v) is 23.0. The lowest BCUT2D eigenvalue weighted by Gasteiger charge is -2.47. The first-order valence-corrected chi connectivity index (χ1v) is 13.8. The molecule has 3 unspecified atom stereocenters. The van der Waals surface area contributed by atoms with Gasteiger partial charge in [-0.2, -0.15) is 4.98 Å². The molecule has 8 heteroatoms. The molecule has 0 amide bonds. The minimum absolute atomic E-state index is 0.0635. The Morgan fingerprint density at radius 2 is 1.73 bits per heavy atom. The highest BCUT2D eigenvalue weighted by Gasteiger charge is 2.35. The van der Waals surface area contributed by atoms with Gasteiger partial charge in [-0.05, 0) is 55.2 Å². The molecule has 8 nitrogen and oxygen atoms in total. The fraction of sp³-hybridized carbons (Fsp3) is 0.344. The van der Waals surface area contributed by atoms with E-state index in [1.54, 1.807) is 6.07 Å². The monoisotopic (exact) mass is 540 g/mol. The summed E-state index contributed by atoms with van der Waals surface area (Å²) in [6.45, 7) is 7.26. The Bertz CT molecular complexity index is 1420. The first-order chi connectivity index (χ1) is 19.4. The van der Waals surface area contributed by atoms with Crippen molar-refractivity contribution in [3.8, 4) is 17.1 Å². The van der Waals surface area contributed by atoms with Gasteiger partial charge in [0.25, 0.3) is 0 Å². The molecule has 0 aliphatic carbocycles. The number of aryl methyl sites for hydroxylation is 1. The van der Waals surface area contributed by atoms with E-state index >= 15 is 0 Å². The van der Waals surface area contributed by atoms with Gasteiger partial charge < -0.3 is 14.7 Å². The van der Waals surface area contributed by atoms with Crippen molar-refractivity contribution in [2.45, 2.75) is 57.8 Å². The van der Waals surface area contributed by atoms with Crippen LogP contribution in [0.25, 0.3) is 11.4 Å². The zero-order chi connectivity index (χ0) is 28.1. The molecular formula is C32H36N4O4. The number of hydrogen-bond donors (Lipinski definition) is 2. The van der Waals surface area contributed by atoms with Gasteiger partial charge in [0, 0.05) is 50.1 Å². The summed E-state index contributed by atoms with van der Waals surface area (Å²) >= 11 is 0. The van der Waals surface area contributed by atoms with Crippen LogP contribution in [0.4, 0.5) is 0 Å². The molecule has 3 aromatic carbocycles. The van der Waals surface area contributed by atoms with Gasteiger partial charge in [0.15, 0.2) is 0 Å². The molecule has 1 aliphatic heterocycles. The van der Waals surface area contributed by atoms with Gasteiger partial charge in [-0.1, -0.05) is 65.8 Å². The third-order valence-corrected chi connectivity index (χ3v) is 7.62. The van der Waals surface area contributed by atoms with Crippen molar-refractivity contribution in [3.05, 3.63) is 101 Å². The Hall–Kier alpha value is -4.01. The number of carboxylic acid groups (broad SMARTS) is 1. The van der Waals surface area contributed by atoms with E-state index in [2.05, 4.69) is 82.3 Å². The van der Waals surface area contributed by atoms with Crippen LogP contribution >= 0.6 is 0 Å². The number of aliphatic carboxylic acids is 1. The lowest BCUT2D eigenvalue weighted by Crippen LogP contribution is -2.56. The maximum Gasteiger partial charge on any atom is 0.303 e. The zero-order valence-electron chi connectivity index (χ0n) is 23.0. The molecule has 208 valence electrons. The van der Waals surface area contributed by atoms with Crippen LogP contribution in [-0.4, -0.2) is 61.3 Å². The number of phenols is 1. The number of rotatable bonds is 10. The third-order valence-electron chi connectivity index (χ3n) is 7.62. The maximum atomic E-state index is 10.8. The van der Waals surface area contributed by atoms with Crippen LogP contribution in [0.2, 0.25) is 0 Å². The highest BCUT2D eigenvalue weighted by Crippen LogP contribution is 2.36. The van der Waals surface area contributed by atoms with Gasteiger partial charge in [0.2, 0.25) is 11.7 Å². The van der Waals surface area contributed by atoms with Gasteiger partial charge in [-0.25, -0.2) is 0 Å². The minimum atomic E-state index is -0.838. The van der Waals surface area contributed by atoms with Crippen molar-refractivity contribution >= 4 is 5.97 Å². The SMILES string of the molecule is CC1CN(C(c2cccc(O)c2)c2cccc(-c3noc(CCCC(=O)O)n3)c2)C(C)CN1Cc1ccccc1. The predicted octanol–water partition coefficient (Wildman–Crippen LogP) is 5.53. The minimum Gasteiger partial charge on any atom is -0.508 e. The quantitative estimate of drug-likeness (QED) is 0.271. The van der Waals surface area contributed by atoms with E-state index in [1.807, 2.05) is 24.3 Å². The summed E-state index contributed by atoms with van der Waals surface area (Å²) in [7, 11) is 0. The van der Waals surface area contributed by atoms with E-state index in [-0.39, 0.29) is 24.3 Å². The van der Waals surface area contributed by atoms with Gasteiger partial charge >= 0.3 is 5.97 Å². The van der Waals surface area contributed by atoms with Crippen LogP contribution in [0.3, 0.4) is 0 Å². The molecular weight excluding hydrogens is 504 g/mol. The average Bonchev–Trinajstić information content (AvgIpc) is 3.41. The fourth-order valence-electron chi connectivity index (χ4n) is 5.61. The van der Waals surface area contributed by atoms with E-state index in [0.29, 0.717) is 30.6 Å². The summed E-state index contributed by atoms with van der Waals surface area (Å²) in [6.07, 6.45) is 0.935. The number of piperazine rings is 1. The molecule has 2 N–H and O–H groups in total. The van der Waals surface area contributed by atoms with Gasteiger partial charge in [0.1, 0.15) is 5.75 Å². The molecule has 1 saturated heterocycles. The van der Waals surface area contributed by atoms with Crippen LogP contribution in [0, 0.1) is 0 Å². The van der Waals surface area contributed by atoms with E-state index in [4.69, 9.17) is 9.63 Å². The fourth-order valence-corrected chi connectivity index (χ4v) is 5.61. The Morgan fingerprint density at radius 1 is 0.975 bits per heavy atom. The van der Waals surface area contributed by atoms with Crippen LogP contribution in [-0.2, 0) is 17.8 Å². The lowest BCUT2D eigenvalue weighted by molar-refractivity contribution is -0.137. The number of hydrogen-bond acceptors (Lipinski definition) is 7. The molecule has 5 rings (SSSR count). The van der Waals surface area contributed by atoms with Crippen LogP contribution in [0.1, 0.15) is 55.3 Å². The largest absolute Gasteiger partial charge is 0.508 e. The molecule has 0 spiro atoms. The molecule has 1 aliphatic rings. The van der Waals surface area contributed by atoms with E-state index in [9.17, 15) is 9.90 Å². The summed E-state index contributed by atoms with van der Waals surface area (Å²) in [5.41, 5.74) is 4.25. The van der Waals surface area contributed by atoms with Gasteiger partial charge in [0.05, 0.1) is 6.04 Å². The number of phenolic OH excluding ortho intramolecular Hbond substituents is 1. The molecule has 3 atom stereocenters. The Kier molecular flexibility index (Phi) is 8.57. The molecule has 40 heavy (non-hydrogen) atoms. The molecule has 4 aromatic rings. The summed E-state index contributed by atoms with van der Waals surface area (Å²) in [5, 5.41) is 23.4. The van der Waals surface area contributed by atoms with Crippen molar-refractivity contribution in [2.24, 2.45) is 0 Å². The normalized spacial score (nSPS) is 18.9. The molecule has 0 bridgehead atoms. The Morgan fingerprint density at radius 3 is 2.48 bits per heavy atom. The molecule has 0 radical (unpaired) electrons. The molecule has 1 fully saturated rings. The smallest absolute Gasteiger partial charge is 0.303 e. The highest BCUT2D eigenvalue weighted by atomic mass is 16.5. The summed E-state index contributed by atoms with van der Waals surface area (Å²) in [6, 6.07) is 26.8. The number of aromatic hydroxyl groups is 1. The van der Waals surface area contributed by atoms with E-state index < -0.39 is 5.97 Å². The van der Waals surface area contributed by atoms with Crippen LogP contribution in [0.15, 0.2) is 83.4 Å². The third kappa shape index (κ3) is 6.58.